The lowest BCUT2D eigenvalue weighted by atomic mass is 10.1. The van der Waals surface area contributed by atoms with Gasteiger partial charge in [0.15, 0.2) is 6.10 Å². The fourth-order valence-electron chi connectivity index (χ4n) is 2.40. The van der Waals surface area contributed by atoms with Crippen LogP contribution >= 0.6 is 11.6 Å². The molecule has 21 heavy (non-hydrogen) atoms. The highest BCUT2D eigenvalue weighted by Gasteiger charge is 2.28. The molecule has 0 saturated carbocycles. The number of nitrogens with zero attached hydrogens (tertiary/aromatic N) is 3. The number of halogens is 2. The van der Waals surface area contributed by atoms with Crippen molar-refractivity contribution in [3.63, 3.8) is 0 Å². The predicted molar refractivity (Wildman–Crippen MR) is 77.9 cm³/mol. The van der Waals surface area contributed by atoms with Crippen LogP contribution in [-0.2, 0) is 0 Å². The molecular formula is C15H15ClFN3O. The maximum atomic E-state index is 13.0. The molecule has 0 saturated heterocycles. The number of hydrogen-bond acceptors (Lipinski definition) is 4. The third-order valence-electron chi connectivity index (χ3n) is 3.75. The number of hydrogen-bond donors (Lipinski definition) is 0. The van der Waals surface area contributed by atoms with E-state index in [4.69, 9.17) is 16.3 Å². The molecular weight excluding hydrogens is 293 g/mol. The molecule has 0 spiro atoms. The maximum Gasteiger partial charge on any atom is 0.220 e. The Bertz CT molecular complexity index is 650. The summed E-state index contributed by atoms with van der Waals surface area (Å²) in [5.74, 6) is 0.145. The van der Waals surface area contributed by atoms with Crippen molar-refractivity contribution < 1.29 is 9.13 Å². The zero-order valence-electron chi connectivity index (χ0n) is 11.8. The molecule has 3 rings (SSSR count). The first-order valence-corrected chi connectivity index (χ1v) is 7.07. The van der Waals surface area contributed by atoms with E-state index in [9.17, 15) is 4.39 Å². The molecule has 0 amide bonds. The number of rotatable bonds is 1. The highest BCUT2D eigenvalue weighted by molar-refractivity contribution is 6.29. The molecule has 1 aliphatic heterocycles. The molecule has 2 aromatic rings. The minimum absolute atomic E-state index is 0.148. The van der Waals surface area contributed by atoms with Crippen LogP contribution in [0.5, 0.6) is 5.88 Å². The second kappa shape index (κ2) is 5.58. The Hall–Kier alpha value is -1.72. The Labute approximate surface area is 127 Å². The summed E-state index contributed by atoms with van der Waals surface area (Å²) in [5.41, 5.74) is 1.65. The first kappa shape index (κ1) is 14.2. The summed E-state index contributed by atoms with van der Waals surface area (Å²) in [4.78, 5) is 10.5. The molecule has 3 heterocycles. The Morgan fingerprint density at radius 2 is 2.14 bits per heavy atom. The van der Waals surface area contributed by atoms with E-state index < -0.39 is 0 Å². The van der Waals surface area contributed by atoms with Gasteiger partial charge in [0.2, 0.25) is 5.88 Å². The van der Waals surface area contributed by atoms with Crippen molar-refractivity contribution in [2.24, 2.45) is 0 Å². The van der Waals surface area contributed by atoms with E-state index in [0.29, 0.717) is 23.3 Å². The lowest BCUT2D eigenvalue weighted by molar-refractivity contribution is 0.144. The van der Waals surface area contributed by atoms with Gasteiger partial charge in [-0.15, -0.1) is 0 Å². The molecule has 4 nitrogen and oxygen atoms in total. The maximum absolute atomic E-state index is 13.0. The van der Waals surface area contributed by atoms with Crippen molar-refractivity contribution in [1.29, 1.82) is 0 Å². The van der Waals surface area contributed by atoms with Gasteiger partial charge in [0.05, 0.1) is 11.9 Å². The fourth-order valence-corrected chi connectivity index (χ4v) is 2.54. The Balaban J connectivity index is 2.00. The van der Waals surface area contributed by atoms with Crippen molar-refractivity contribution in [2.45, 2.75) is 19.1 Å². The number of pyridine rings is 2. The second-order valence-electron chi connectivity index (χ2n) is 5.15. The Kier molecular flexibility index (Phi) is 3.78. The molecule has 0 aromatic carbocycles. The highest BCUT2D eigenvalue weighted by atomic mass is 35.5. The van der Waals surface area contributed by atoms with Crippen molar-refractivity contribution in [1.82, 2.24) is 14.9 Å². The van der Waals surface area contributed by atoms with Gasteiger partial charge in [-0.1, -0.05) is 11.6 Å². The van der Waals surface area contributed by atoms with Gasteiger partial charge in [0.1, 0.15) is 11.0 Å². The Morgan fingerprint density at radius 3 is 2.86 bits per heavy atom. The summed E-state index contributed by atoms with van der Waals surface area (Å²) < 4.78 is 19.0. The third-order valence-corrected chi connectivity index (χ3v) is 3.97. The van der Waals surface area contributed by atoms with E-state index in [1.165, 1.54) is 12.3 Å². The molecule has 1 aliphatic rings. The minimum atomic E-state index is -0.365. The summed E-state index contributed by atoms with van der Waals surface area (Å²) >= 11 is 5.96. The first-order valence-electron chi connectivity index (χ1n) is 6.69. The molecule has 2 aromatic heterocycles. The van der Waals surface area contributed by atoms with Gasteiger partial charge in [-0.3, -0.25) is 9.88 Å². The van der Waals surface area contributed by atoms with Gasteiger partial charge in [-0.25, -0.2) is 9.37 Å². The topological polar surface area (TPSA) is 38.3 Å². The summed E-state index contributed by atoms with van der Waals surface area (Å²) in [7, 11) is 2.01. The summed E-state index contributed by atoms with van der Waals surface area (Å²) in [6.07, 6.45) is 0.879. The molecule has 0 radical (unpaired) electrons. The molecule has 110 valence electrons. The average Bonchev–Trinajstić information content (AvgIpc) is 2.57. The number of ether oxygens (including phenoxy) is 1. The zero-order valence-corrected chi connectivity index (χ0v) is 12.5. The van der Waals surface area contributed by atoms with E-state index in [2.05, 4.69) is 21.8 Å². The van der Waals surface area contributed by atoms with E-state index in [1.807, 2.05) is 13.1 Å². The van der Waals surface area contributed by atoms with E-state index in [-0.39, 0.29) is 18.0 Å². The first-order chi connectivity index (χ1) is 10.0. The van der Waals surface area contributed by atoms with Crippen LogP contribution < -0.4 is 4.74 Å². The number of likely N-dealkylation sites (N-methyl/N-ethyl adjacent to an activating group) is 1. The molecule has 0 aliphatic carbocycles. The SMILES string of the molecule is CC1c2ccc(Cl)nc2O[C@H](c2ccc(F)cn2)CN1C. The van der Waals surface area contributed by atoms with E-state index in [0.717, 1.165) is 5.56 Å². The number of fused-ring (bicyclic) bond motifs is 1. The molecule has 1 unspecified atom stereocenters. The van der Waals surface area contributed by atoms with Gasteiger partial charge >= 0.3 is 0 Å². The standard InChI is InChI=1S/C15H15ClFN3O/c1-9-11-4-6-14(16)19-15(11)21-13(8-20(9)2)12-5-3-10(17)7-18-12/h3-7,9,13H,8H2,1-2H3/t9?,13-/m0/s1. The van der Waals surface area contributed by atoms with Gasteiger partial charge in [0, 0.05) is 18.2 Å². The molecule has 6 heteroatoms. The smallest absolute Gasteiger partial charge is 0.220 e. The van der Waals surface area contributed by atoms with Crippen LogP contribution in [0.15, 0.2) is 30.5 Å². The second-order valence-corrected chi connectivity index (χ2v) is 5.54. The summed E-state index contributed by atoms with van der Waals surface area (Å²) in [5, 5.41) is 0.385. The lowest BCUT2D eigenvalue weighted by Crippen LogP contribution is -2.27. The van der Waals surface area contributed by atoms with Crippen LogP contribution in [0, 0.1) is 5.82 Å². The van der Waals surface area contributed by atoms with Crippen molar-refractivity contribution in [3.8, 4) is 5.88 Å². The van der Waals surface area contributed by atoms with Crippen LogP contribution in [-0.4, -0.2) is 28.5 Å². The quantitative estimate of drug-likeness (QED) is 0.757. The van der Waals surface area contributed by atoms with Gasteiger partial charge in [-0.05, 0) is 38.2 Å². The van der Waals surface area contributed by atoms with Crippen LogP contribution in [0.2, 0.25) is 5.15 Å². The normalized spacial score (nSPS) is 22.3. The highest BCUT2D eigenvalue weighted by Crippen LogP contribution is 2.35. The number of aromatic nitrogens is 2. The molecule has 0 fully saturated rings. The predicted octanol–water partition coefficient (Wildman–Crippen LogP) is 3.40. The largest absolute Gasteiger partial charge is 0.466 e. The van der Waals surface area contributed by atoms with E-state index >= 15 is 0 Å². The minimum Gasteiger partial charge on any atom is -0.466 e. The van der Waals surface area contributed by atoms with E-state index in [1.54, 1.807) is 12.1 Å². The van der Waals surface area contributed by atoms with Gasteiger partial charge in [-0.2, -0.15) is 0 Å². The van der Waals surface area contributed by atoms with Crippen LogP contribution in [0.25, 0.3) is 0 Å². The van der Waals surface area contributed by atoms with Crippen LogP contribution in [0.1, 0.15) is 30.3 Å². The van der Waals surface area contributed by atoms with Crippen molar-refractivity contribution in [2.75, 3.05) is 13.6 Å². The van der Waals surface area contributed by atoms with Crippen LogP contribution in [0.4, 0.5) is 4.39 Å². The van der Waals surface area contributed by atoms with Gasteiger partial charge in [0.25, 0.3) is 0 Å². The fraction of sp³-hybridized carbons (Fsp3) is 0.333. The third kappa shape index (κ3) is 2.84. The molecule has 0 bridgehead atoms. The summed E-state index contributed by atoms with van der Waals surface area (Å²) in [6, 6.07) is 6.84. The average molecular weight is 308 g/mol. The van der Waals surface area contributed by atoms with Crippen molar-refractivity contribution in [3.05, 3.63) is 52.7 Å². The lowest BCUT2D eigenvalue weighted by Gasteiger charge is -2.23. The van der Waals surface area contributed by atoms with Crippen LogP contribution in [0.3, 0.4) is 0 Å². The molecule has 2 atom stereocenters. The Morgan fingerprint density at radius 1 is 1.33 bits per heavy atom. The molecule has 0 N–H and O–H groups in total. The van der Waals surface area contributed by atoms with Crippen molar-refractivity contribution >= 4 is 11.6 Å². The monoisotopic (exact) mass is 307 g/mol. The van der Waals surface area contributed by atoms with Gasteiger partial charge < -0.3 is 4.74 Å². The zero-order chi connectivity index (χ0) is 15.0. The summed E-state index contributed by atoms with van der Waals surface area (Å²) in [6.45, 7) is 2.71.